The first kappa shape index (κ1) is 15.7. The summed E-state index contributed by atoms with van der Waals surface area (Å²) >= 11 is 0. The van der Waals surface area contributed by atoms with Crippen LogP contribution in [0.2, 0.25) is 0 Å². The fraction of sp³-hybridized carbons (Fsp3) is 0.368. The van der Waals surface area contributed by atoms with E-state index in [-0.39, 0.29) is 11.7 Å². The van der Waals surface area contributed by atoms with Crippen molar-refractivity contribution < 1.29 is 4.79 Å². The Morgan fingerprint density at radius 3 is 2.84 bits per heavy atom. The number of hydrogen-bond donors (Lipinski definition) is 0. The maximum atomic E-state index is 13.0. The summed E-state index contributed by atoms with van der Waals surface area (Å²) in [4.78, 5) is 23.3. The molecule has 1 aromatic carbocycles. The lowest BCUT2D eigenvalue weighted by Crippen LogP contribution is -2.36. The minimum Gasteiger partial charge on any atom is -0.305 e. The minimum absolute atomic E-state index is 0.164. The third kappa shape index (κ3) is 2.67. The molecule has 0 aliphatic carbocycles. The number of benzene rings is 1. The fourth-order valence-corrected chi connectivity index (χ4v) is 3.30. The van der Waals surface area contributed by atoms with Gasteiger partial charge in [-0.25, -0.2) is 9.50 Å². The molecule has 0 N–H and O–H groups in total. The fourth-order valence-electron chi connectivity index (χ4n) is 3.30. The number of aromatic nitrogens is 4. The van der Waals surface area contributed by atoms with Crippen LogP contribution in [-0.4, -0.2) is 32.0 Å². The van der Waals surface area contributed by atoms with Crippen molar-refractivity contribution in [3.05, 3.63) is 53.1 Å². The highest BCUT2D eigenvalue weighted by molar-refractivity contribution is 6.04. The minimum atomic E-state index is -0.164. The van der Waals surface area contributed by atoms with Gasteiger partial charge in [0.2, 0.25) is 5.82 Å². The van der Waals surface area contributed by atoms with E-state index in [1.54, 1.807) is 15.6 Å². The van der Waals surface area contributed by atoms with Crippen LogP contribution in [0.1, 0.15) is 53.6 Å². The molecule has 25 heavy (non-hydrogen) atoms. The second-order valence-corrected chi connectivity index (χ2v) is 6.84. The van der Waals surface area contributed by atoms with Crippen molar-refractivity contribution in [2.45, 2.75) is 39.5 Å². The van der Waals surface area contributed by atoms with Gasteiger partial charge in [-0.2, -0.15) is 4.98 Å². The van der Waals surface area contributed by atoms with Gasteiger partial charge in [0.05, 0.1) is 0 Å². The number of fused-ring (bicyclic) bond motifs is 2. The monoisotopic (exact) mass is 335 g/mol. The number of aryl methyl sites for hydroxylation is 2. The number of anilines is 1. The van der Waals surface area contributed by atoms with Gasteiger partial charge < -0.3 is 4.90 Å². The zero-order valence-electron chi connectivity index (χ0n) is 14.7. The molecule has 3 aromatic rings. The number of hydrogen-bond acceptors (Lipinski definition) is 4. The van der Waals surface area contributed by atoms with Crippen LogP contribution in [0.15, 0.2) is 30.5 Å². The molecule has 1 amide bonds. The summed E-state index contributed by atoms with van der Waals surface area (Å²) in [6, 6.07) is 8.24. The van der Waals surface area contributed by atoms with Crippen molar-refractivity contribution in [3.8, 4) is 0 Å². The van der Waals surface area contributed by atoms with E-state index in [4.69, 9.17) is 0 Å². The molecule has 3 heterocycles. The molecule has 0 saturated heterocycles. The highest BCUT2D eigenvalue weighted by atomic mass is 16.2. The van der Waals surface area contributed by atoms with Crippen molar-refractivity contribution in [2.24, 2.45) is 0 Å². The van der Waals surface area contributed by atoms with E-state index in [0.717, 1.165) is 24.2 Å². The molecule has 128 valence electrons. The molecule has 0 saturated carbocycles. The predicted octanol–water partition coefficient (Wildman–Crippen LogP) is 3.15. The lowest BCUT2D eigenvalue weighted by molar-refractivity contribution is 0.0975. The molecule has 2 aromatic heterocycles. The Labute approximate surface area is 146 Å². The predicted molar refractivity (Wildman–Crippen MR) is 96.0 cm³/mol. The highest BCUT2D eigenvalue weighted by Crippen LogP contribution is 2.31. The third-order valence-corrected chi connectivity index (χ3v) is 4.76. The van der Waals surface area contributed by atoms with Crippen molar-refractivity contribution >= 4 is 17.4 Å². The number of carbonyl (C=O) groups is 1. The Morgan fingerprint density at radius 2 is 2.08 bits per heavy atom. The van der Waals surface area contributed by atoms with Crippen molar-refractivity contribution in [2.75, 3.05) is 11.4 Å². The Morgan fingerprint density at radius 1 is 1.24 bits per heavy atom. The first-order chi connectivity index (χ1) is 12.0. The molecule has 0 fully saturated rings. The molecule has 1 aliphatic heterocycles. The Bertz CT molecular complexity index is 960. The van der Waals surface area contributed by atoms with Crippen LogP contribution in [0.25, 0.3) is 5.78 Å². The topological polar surface area (TPSA) is 63.4 Å². The van der Waals surface area contributed by atoms with Crippen LogP contribution in [0.5, 0.6) is 0 Å². The second kappa shape index (κ2) is 5.95. The zero-order chi connectivity index (χ0) is 17.6. The van der Waals surface area contributed by atoms with Crippen LogP contribution >= 0.6 is 0 Å². The normalized spacial score (nSPS) is 14.2. The number of rotatable bonds is 2. The van der Waals surface area contributed by atoms with Crippen LogP contribution < -0.4 is 4.90 Å². The maximum absolute atomic E-state index is 13.0. The van der Waals surface area contributed by atoms with E-state index in [2.05, 4.69) is 47.1 Å². The van der Waals surface area contributed by atoms with E-state index in [9.17, 15) is 4.79 Å². The molecule has 4 rings (SSSR count). The van der Waals surface area contributed by atoms with Crippen LogP contribution in [-0.2, 0) is 6.42 Å². The van der Waals surface area contributed by atoms with E-state index in [1.165, 1.54) is 11.1 Å². The smallest absolute Gasteiger partial charge is 0.298 e. The van der Waals surface area contributed by atoms with Crippen molar-refractivity contribution in [1.82, 2.24) is 19.6 Å². The average Bonchev–Trinajstić information content (AvgIpc) is 3.05. The van der Waals surface area contributed by atoms with Gasteiger partial charge in [0.1, 0.15) is 0 Å². The molecule has 0 atom stereocenters. The molecule has 0 unspecified atom stereocenters. The molecular weight excluding hydrogens is 314 g/mol. The first-order valence-electron chi connectivity index (χ1n) is 8.67. The van der Waals surface area contributed by atoms with Crippen LogP contribution in [0.4, 0.5) is 5.69 Å². The summed E-state index contributed by atoms with van der Waals surface area (Å²) in [6.45, 7) is 6.98. The summed E-state index contributed by atoms with van der Waals surface area (Å²) in [7, 11) is 0. The molecule has 0 radical (unpaired) electrons. The van der Waals surface area contributed by atoms with Crippen LogP contribution in [0.3, 0.4) is 0 Å². The molecule has 0 bridgehead atoms. The van der Waals surface area contributed by atoms with Gasteiger partial charge >= 0.3 is 0 Å². The second-order valence-electron chi connectivity index (χ2n) is 6.84. The standard InChI is InChI=1S/C19H21N5O/c1-12(2)14-6-7-16-15(11-14)5-4-10-23(16)18(25)17-21-19-20-9-8-13(3)24(19)22-17/h6-9,11-12H,4-5,10H2,1-3H3. The van der Waals surface area contributed by atoms with E-state index >= 15 is 0 Å². The van der Waals surface area contributed by atoms with Gasteiger partial charge in [0.15, 0.2) is 0 Å². The summed E-state index contributed by atoms with van der Waals surface area (Å²) in [5.41, 5.74) is 4.41. The first-order valence-corrected chi connectivity index (χ1v) is 8.67. The highest BCUT2D eigenvalue weighted by Gasteiger charge is 2.27. The molecule has 1 aliphatic rings. The van der Waals surface area contributed by atoms with Gasteiger partial charge in [-0.1, -0.05) is 26.0 Å². The van der Waals surface area contributed by atoms with E-state index in [1.807, 2.05) is 13.0 Å². The molecule has 6 heteroatoms. The van der Waals surface area contributed by atoms with E-state index < -0.39 is 0 Å². The molecule has 0 spiro atoms. The van der Waals surface area contributed by atoms with Crippen molar-refractivity contribution in [3.63, 3.8) is 0 Å². The van der Waals surface area contributed by atoms with Gasteiger partial charge in [0, 0.05) is 24.1 Å². The summed E-state index contributed by atoms with van der Waals surface area (Å²) in [5.74, 6) is 0.965. The molecular formula is C19H21N5O. The Hall–Kier alpha value is -2.76. The average molecular weight is 335 g/mol. The van der Waals surface area contributed by atoms with Gasteiger partial charge in [-0.3, -0.25) is 4.79 Å². The summed E-state index contributed by atoms with van der Waals surface area (Å²) < 4.78 is 1.61. The van der Waals surface area contributed by atoms with Crippen LogP contribution in [0, 0.1) is 6.92 Å². The van der Waals surface area contributed by atoms with Gasteiger partial charge in [-0.05, 0) is 48.9 Å². The SMILES string of the molecule is Cc1ccnc2nc(C(=O)N3CCCc4cc(C(C)C)ccc43)nn12. The maximum Gasteiger partial charge on any atom is 0.298 e. The quantitative estimate of drug-likeness (QED) is 0.722. The van der Waals surface area contributed by atoms with Crippen molar-refractivity contribution in [1.29, 1.82) is 0 Å². The zero-order valence-corrected chi connectivity index (χ0v) is 14.7. The van der Waals surface area contributed by atoms with Gasteiger partial charge in [0.25, 0.3) is 11.7 Å². The largest absolute Gasteiger partial charge is 0.305 e. The number of nitrogens with zero attached hydrogens (tertiary/aromatic N) is 5. The Kier molecular flexibility index (Phi) is 3.75. The number of amides is 1. The third-order valence-electron chi connectivity index (χ3n) is 4.76. The summed E-state index contributed by atoms with van der Waals surface area (Å²) in [5, 5.41) is 4.36. The summed E-state index contributed by atoms with van der Waals surface area (Å²) in [6.07, 6.45) is 3.63. The lowest BCUT2D eigenvalue weighted by Gasteiger charge is -2.29. The van der Waals surface area contributed by atoms with Gasteiger partial charge in [-0.15, -0.1) is 5.10 Å². The number of carbonyl (C=O) groups excluding carboxylic acids is 1. The molecule has 6 nitrogen and oxygen atoms in total. The lowest BCUT2D eigenvalue weighted by atomic mass is 9.95. The Balaban J connectivity index is 1.72. The van der Waals surface area contributed by atoms with E-state index in [0.29, 0.717) is 18.2 Å².